The van der Waals surface area contributed by atoms with Crippen molar-refractivity contribution in [3.63, 3.8) is 0 Å². The molecule has 0 fully saturated rings. The van der Waals surface area contributed by atoms with Crippen molar-refractivity contribution in [2.24, 2.45) is 0 Å². The Labute approximate surface area is 384 Å². The molecule has 0 N–H and O–H groups in total. The Hall–Kier alpha value is -5.55. The Balaban J connectivity index is 1.67. The normalized spacial score (nSPS) is 13.9. The summed E-state index contributed by atoms with van der Waals surface area (Å²) in [5.74, 6) is -40.3. The minimum Gasteiger partial charge on any atom is -0.435 e. The molecule has 6 aromatic rings. The number of halogens is 18. The van der Waals surface area contributed by atoms with Crippen LogP contribution in [0.3, 0.4) is 0 Å². The summed E-state index contributed by atoms with van der Waals surface area (Å²) in [7, 11) is -9.42. The van der Waals surface area contributed by atoms with Crippen molar-refractivity contribution in [3.05, 3.63) is 181 Å². The lowest BCUT2D eigenvalue weighted by Crippen LogP contribution is -2.81. The molecule has 69 heavy (non-hydrogen) atoms. The molecule has 6 aromatic carbocycles. The van der Waals surface area contributed by atoms with Crippen molar-refractivity contribution in [3.8, 4) is 0 Å². The summed E-state index contributed by atoms with van der Waals surface area (Å²) in [5.41, 5.74) is -0.597. The molecule has 368 valence electrons. The lowest BCUT2D eigenvalue weighted by molar-refractivity contribution is -0.396. The van der Waals surface area contributed by atoms with E-state index in [1.165, 1.54) is 133 Å². The van der Waals surface area contributed by atoms with Gasteiger partial charge in [0.05, 0.1) is 0 Å². The first-order valence-corrected chi connectivity index (χ1v) is 24.3. The van der Waals surface area contributed by atoms with E-state index >= 15 is 17.6 Å². The SMILES string of the molecule is FC(F)(F)C(F)(F)C(F)(F)C(F)(F)CCc1ccccc1[Si](O[Si](c1ccccc1)(c1ccccc1)c1ccccc1CCC(F)(F)C(F)(F)C(F)(F)C(F)(F)F)(c1ccccc1)c1ccccc1. The summed E-state index contributed by atoms with van der Waals surface area (Å²) < 4.78 is 264. The molecule has 0 aliphatic carbocycles. The number of aryl methyl sites for hydroxylation is 2. The molecule has 1 nitrogen and oxygen atoms in total. The van der Waals surface area contributed by atoms with Gasteiger partial charge < -0.3 is 4.12 Å². The third-order valence-electron chi connectivity index (χ3n) is 11.7. The van der Waals surface area contributed by atoms with E-state index in [0.717, 1.165) is 12.1 Å². The number of alkyl halides is 18. The minimum atomic E-state index is -7.18. The standard InChI is InChI=1S/C48H36F18OSi2/c49-41(50,43(53,54)45(57,58)47(61,62)63)31-29-33-17-13-15-27-39(33)68(35-19-5-1-6-20-35,36-21-7-2-8-22-36)67-69(37-23-9-3-10-24-37,38-25-11-4-12-26-38)40-28-16-14-18-34(40)30-32-42(51,52)44(55,56)46(59,60)48(64,65)66/h1-28H,29-32H2. The van der Waals surface area contributed by atoms with Crippen LogP contribution in [0, 0.1) is 0 Å². The predicted octanol–water partition coefficient (Wildman–Crippen LogP) is 11.1. The third-order valence-corrected chi connectivity index (χ3v) is 21.2. The smallest absolute Gasteiger partial charge is 0.435 e. The van der Waals surface area contributed by atoms with Crippen molar-refractivity contribution in [1.82, 2.24) is 0 Å². The molecule has 0 atom stereocenters. The first-order valence-electron chi connectivity index (χ1n) is 20.5. The van der Waals surface area contributed by atoms with E-state index in [1.807, 2.05) is 0 Å². The van der Waals surface area contributed by atoms with Crippen LogP contribution in [0.15, 0.2) is 170 Å². The van der Waals surface area contributed by atoms with Gasteiger partial charge in [-0.3, -0.25) is 0 Å². The maximum atomic E-state index is 15.4. The first-order chi connectivity index (χ1) is 32.0. The van der Waals surface area contributed by atoms with Crippen molar-refractivity contribution < 1.29 is 83.1 Å². The zero-order valence-electron chi connectivity index (χ0n) is 35.2. The van der Waals surface area contributed by atoms with Gasteiger partial charge >= 0.3 is 47.9 Å². The number of hydrogen-bond donors (Lipinski definition) is 0. The van der Waals surface area contributed by atoms with Crippen LogP contribution >= 0.6 is 0 Å². The maximum absolute atomic E-state index is 15.4. The van der Waals surface area contributed by atoms with Crippen LogP contribution in [0.25, 0.3) is 0 Å². The highest BCUT2D eigenvalue weighted by Crippen LogP contribution is 2.55. The molecule has 0 radical (unpaired) electrons. The highest BCUT2D eigenvalue weighted by atomic mass is 28.4. The van der Waals surface area contributed by atoms with Crippen LogP contribution in [0.4, 0.5) is 79.0 Å². The predicted molar refractivity (Wildman–Crippen MR) is 227 cm³/mol. The van der Waals surface area contributed by atoms with Gasteiger partial charge in [0.2, 0.25) is 0 Å². The van der Waals surface area contributed by atoms with Crippen molar-refractivity contribution in [1.29, 1.82) is 0 Å². The van der Waals surface area contributed by atoms with Gasteiger partial charge in [-0.2, -0.15) is 79.0 Å². The summed E-state index contributed by atoms with van der Waals surface area (Å²) >= 11 is 0. The van der Waals surface area contributed by atoms with Gasteiger partial charge in [0, 0.05) is 12.8 Å². The summed E-state index contributed by atoms with van der Waals surface area (Å²) in [6.45, 7) is 0. The van der Waals surface area contributed by atoms with Crippen LogP contribution in [0.5, 0.6) is 0 Å². The number of hydrogen-bond acceptors (Lipinski definition) is 1. The molecule has 0 heterocycles. The number of benzene rings is 6. The van der Waals surface area contributed by atoms with E-state index in [4.69, 9.17) is 4.12 Å². The van der Waals surface area contributed by atoms with Gasteiger partial charge in [0.1, 0.15) is 0 Å². The Morgan fingerprint density at radius 3 is 0.768 bits per heavy atom. The molecular weight excluding hydrogens is 991 g/mol. The molecule has 0 amide bonds. The van der Waals surface area contributed by atoms with E-state index in [-0.39, 0.29) is 42.2 Å². The van der Waals surface area contributed by atoms with E-state index < -0.39 is 90.2 Å². The molecular formula is C48H36F18OSi2. The number of rotatable bonds is 18. The van der Waals surface area contributed by atoms with Crippen LogP contribution in [-0.2, 0) is 17.0 Å². The van der Waals surface area contributed by atoms with Crippen molar-refractivity contribution in [2.45, 2.75) is 73.6 Å². The molecule has 0 aromatic heterocycles. The fraction of sp³-hybridized carbons (Fsp3) is 0.250. The van der Waals surface area contributed by atoms with E-state index in [1.54, 1.807) is 24.3 Å². The van der Waals surface area contributed by atoms with E-state index in [9.17, 15) is 61.5 Å². The van der Waals surface area contributed by atoms with Gasteiger partial charge in [-0.05, 0) is 55.1 Å². The molecule has 0 aliphatic rings. The zero-order chi connectivity index (χ0) is 51.0. The van der Waals surface area contributed by atoms with Gasteiger partial charge in [0.15, 0.2) is 0 Å². The Morgan fingerprint density at radius 2 is 0.522 bits per heavy atom. The summed E-state index contributed by atoms with van der Waals surface area (Å²) in [4.78, 5) is 0. The fourth-order valence-electron chi connectivity index (χ4n) is 8.10. The summed E-state index contributed by atoms with van der Waals surface area (Å²) in [6, 6.07) is 41.0. The topological polar surface area (TPSA) is 9.23 Å². The summed E-state index contributed by atoms with van der Waals surface area (Å²) in [6.07, 6.45) is -21.3. The van der Waals surface area contributed by atoms with E-state index in [2.05, 4.69) is 0 Å². The fourth-order valence-corrected chi connectivity index (χ4v) is 19.2. The lowest BCUT2D eigenvalue weighted by atomic mass is 9.97. The second-order valence-corrected chi connectivity index (χ2v) is 22.9. The minimum absolute atomic E-state index is 0.0501. The van der Waals surface area contributed by atoms with E-state index in [0.29, 0.717) is 0 Å². The Morgan fingerprint density at radius 1 is 0.290 bits per heavy atom. The molecule has 0 saturated carbocycles. The monoisotopic (exact) mass is 1030 g/mol. The lowest BCUT2D eigenvalue weighted by Gasteiger charge is -2.45. The Kier molecular flexibility index (Phi) is 14.5. The first kappa shape index (κ1) is 52.8. The van der Waals surface area contributed by atoms with Crippen LogP contribution < -0.4 is 31.1 Å². The van der Waals surface area contributed by atoms with Crippen LogP contribution in [0.2, 0.25) is 0 Å². The molecule has 0 saturated heterocycles. The van der Waals surface area contributed by atoms with Gasteiger partial charge in [-0.25, -0.2) is 0 Å². The molecule has 0 unspecified atom stereocenters. The van der Waals surface area contributed by atoms with Crippen LogP contribution in [-0.4, -0.2) is 64.5 Å². The molecule has 0 aliphatic heterocycles. The molecule has 0 spiro atoms. The third kappa shape index (κ3) is 9.32. The average molecular weight is 1030 g/mol. The van der Waals surface area contributed by atoms with Crippen molar-refractivity contribution in [2.75, 3.05) is 0 Å². The highest BCUT2D eigenvalue weighted by molar-refractivity contribution is 7.18. The maximum Gasteiger partial charge on any atom is 0.460 e. The van der Waals surface area contributed by atoms with Crippen LogP contribution in [0.1, 0.15) is 24.0 Å². The average Bonchev–Trinajstić information content (AvgIpc) is 3.31. The zero-order valence-corrected chi connectivity index (χ0v) is 37.2. The summed E-state index contributed by atoms with van der Waals surface area (Å²) in [5, 5.41) is 0.922. The van der Waals surface area contributed by atoms with Gasteiger partial charge in [0.25, 0.3) is 16.6 Å². The molecule has 21 heteroatoms. The van der Waals surface area contributed by atoms with Gasteiger partial charge in [-0.1, -0.05) is 170 Å². The quantitative estimate of drug-likeness (QED) is 0.0474. The Bertz CT molecular complexity index is 2380. The molecule has 6 rings (SSSR count). The largest absolute Gasteiger partial charge is 0.460 e. The second kappa shape index (κ2) is 19.0. The van der Waals surface area contributed by atoms with Gasteiger partial charge in [-0.15, -0.1) is 0 Å². The highest BCUT2D eigenvalue weighted by Gasteiger charge is 2.82. The second-order valence-electron chi connectivity index (χ2n) is 15.9. The van der Waals surface area contributed by atoms with Crippen molar-refractivity contribution >= 4 is 47.8 Å². The molecule has 0 bridgehead atoms.